The second-order valence-electron chi connectivity index (χ2n) is 9.22. The van der Waals surface area contributed by atoms with Gasteiger partial charge in [0, 0.05) is 48.5 Å². The van der Waals surface area contributed by atoms with Crippen LogP contribution >= 0.6 is 11.6 Å². The first-order chi connectivity index (χ1) is 19.1. The molecule has 0 aromatic rings. The number of amidine groups is 1. The van der Waals surface area contributed by atoms with E-state index in [4.69, 9.17) is 26.4 Å². The van der Waals surface area contributed by atoms with Gasteiger partial charge in [-0.15, -0.1) is 0 Å². The van der Waals surface area contributed by atoms with Gasteiger partial charge in [-0.25, -0.2) is 9.38 Å². The third-order valence-electron chi connectivity index (χ3n) is 6.51. The third-order valence-corrected chi connectivity index (χ3v) is 6.79. The molecule has 3 aliphatic rings. The summed E-state index contributed by atoms with van der Waals surface area (Å²) in [6.07, 6.45) is 22.1. The maximum absolute atomic E-state index is 12.8. The number of aliphatic imine (C=N–C) groups is 2. The van der Waals surface area contributed by atoms with Crippen LogP contribution in [0.25, 0.3) is 0 Å². The Morgan fingerprint density at radius 1 is 1.31 bits per heavy atom. The molecule has 9 heteroatoms. The summed E-state index contributed by atoms with van der Waals surface area (Å²) in [5.74, 6) is 1.46. The van der Waals surface area contributed by atoms with Gasteiger partial charge in [0.25, 0.3) is 0 Å². The Labute approximate surface area is 235 Å². The summed E-state index contributed by atoms with van der Waals surface area (Å²) in [7, 11) is 0. The summed E-state index contributed by atoms with van der Waals surface area (Å²) in [4.78, 5) is 11.0. The highest BCUT2D eigenvalue weighted by Gasteiger charge is 2.30. The fourth-order valence-corrected chi connectivity index (χ4v) is 4.71. The van der Waals surface area contributed by atoms with Crippen molar-refractivity contribution in [2.75, 3.05) is 26.3 Å². The standard InChI is InChI=1S/C30H38ClFN4O3/c1-2-26(11-7-16-32)36-28(12-4-3-5-19-37)33-18-14-23(9-6-13-29(36)38)27-21-24(22-35-27)30-34-17-8-10-25(31)15-20-39-30/h2,6-11,13-16,18,24,27,29,35,37-38H,1,3-5,12,17,19-22H2/b10-8-,13-6+,16-7+,18-14+,23-9+,25-15+,26-11+,33-28?,34-30?. The van der Waals surface area contributed by atoms with Gasteiger partial charge < -0.3 is 20.3 Å². The minimum absolute atomic E-state index is 0.0544. The smallest absolute Gasteiger partial charge is 0.188 e. The second kappa shape index (κ2) is 16.8. The highest BCUT2D eigenvalue weighted by atomic mass is 35.5. The molecule has 3 aliphatic heterocycles. The van der Waals surface area contributed by atoms with E-state index in [1.807, 2.05) is 36.5 Å². The van der Waals surface area contributed by atoms with Gasteiger partial charge >= 0.3 is 0 Å². The van der Waals surface area contributed by atoms with Crippen molar-refractivity contribution in [2.24, 2.45) is 15.9 Å². The van der Waals surface area contributed by atoms with Crippen LogP contribution < -0.4 is 5.32 Å². The SMILES string of the molecule is C=C/C(=C\C=C\F)N1C(CCCCCO)=N/C=C/C(C2CC(C3=NC/C=C\C(Cl)=C/CO3)CN2)=C\C=C\C1O. The van der Waals surface area contributed by atoms with E-state index in [1.165, 1.54) is 12.2 Å². The fourth-order valence-electron chi connectivity index (χ4n) is 4.56. The van der Waals surface area contributed by atoms with Gasteiger partial charge in [0.15, 0.2) is 12.1 Å². The molecule has 210 valence electrons. The molecule has 0 saturated carbocycles. The van der Waals surface area contributed by atoms with Crippen LogP contribution in [0.1, 0.15) is 32.1 Å². The lowest BCUT2D eigenvalue weighted by molar-refractivity contribution is 0.120. The topological polar surface area (TPSA) is 89.7 Å². The van der Waals surface area contributed by atoms with Crippen LogP contribution in [0.15, 0.2) is 106 Å². The highest BCUT2D eigenvalue weighted by molar-refractivity contribution is 6.31. The number of unbranched alkanes of at least 4 members (excludes halogenated alkanes) is 2. The number of hydrogen-bond acceptors (Lipinski definition) is 7. The van der Waals surface area contributed by atoms with Crippen molar-refractivity contribution in [3.05, 3.63) is 96.2 Å². The molecular weight excluding hydrogens is 519 g/mol. The molecule has 0 aromatic carbocycles. The van der Waals surface area contributed by atoms with E-state index in [0.717, 1.165) is 37.3 Å². The van der Waals surface area contributed by atoms with Crippen molar-refractivity contribution < 1.29 is 19.3 Å². The van der Waals surface area contributed by atoms with Crippen LogP contribution in [0.5, 0.6) is 0 Å². The summed E-state index contributed by atoms with van der Waals surface area (Å²) in [6.45, 7) is 5.58. The van der Waals surface area contributed by atoms with E-state index in [9.17, 15) is 9.50 Å². The van der Waals surface area contributed by atoms with E-state index in [1.54, 1.807) is 23.3 Å². The molecule has 3 atom stereocenters. The quantitative estimate of drug-likeness (QED) is 0.254. The highest BCUT2D eigenvalue weighted by Crippen LogP contribution is 2.25. The first-order valence-corrected chi connectivity index (χ1v) is 13.7. The van der Waals surface area contributed by atoms with Gasteiger partial charge in [0.1, 0.15) is 12.4 Å². The van der Waals surface area contributed by atoms with Gasteiger partial charge in [0.05, 0.1) is 12.9 Å². The molecule has 3 unspecified atom stereocenters. The molecule has 0 aliphatic carbocycles. The molecule has 3 N–H and O–H groups in total. The number of halogens is 2. The zero-order valence-electron chi connectivity index (χ0n) is 22.1. The molecule has 3 rings (SSSR count). The molecular formula is C30H38ClFN4O3. The van der Waals surface area contributed by atoms with Crippen LogP contribution in [0.2, 0.25) is 0 Å². The largest absolute Gasteiger partial charge is 0.476 e. The molecule has 39 heavy (non-hydrogen) atoms. The number of rotatable bonds is 10. The maximum Gasteiger partial charge on any atom is 0.188 e. The lowest BCUT2D eigenvalue weighted by atomic mass is 9.99. The molecule has 0 radical (unpaired) electrons. The number of allylic oxidation sites excluding steroid dienone is 7. The fraction of sp³-hybridized carbons (Fsp3) is 0.400. The van der Waals surface area contributed by atoms with Crippen molar-refractivity contribution in [2.45, 2.75) is 44.4 Å². The Hall–Kier alpha value is -3.04. The number of aliphatic hydroxyl groups excluding tert-OH is 2. The Kier molecular flexibility index (Phi) is 13.2. The van der Waals surface area contributed by atoms with Crippen molar-refractivity contribution in [3.8, 4) is 0 Å². The minimum atomic E-state index is -1.04. The number of nitrogens with one attached hydrogen (secondary N) is 1. The first kappa shape index (κ1) is 30.5. The zero-order chi connectivity index (χ0) is 27.9. The molecule has 0 amide bonds. The molecule has 1 saturated heterocycles. The average Bonchev–Trinajstić information content (AvgIpc) is 3.45. The van der Waals surface area contributed by atoms with Crippen LogP contribution in [-0.4, -0.2) is 65.4 Å². The second-order valence-corrected chi connectivity index (χ2v) is 9.66. The lowest BCUT2D eigenvalue weighted by Gasteiger charge is -2.30. The number of aliphatic hydroxyl groups is 2. The Morgan fingerprint density at radius 3 is 2.97 bits per heavy atom. The summed E-state index contributed by atoms with van der Waals surface area (Å²) in [6, 6.07) is 0.0544. The molecule has 0 spiro atoms. The molecule has 0 bridgehead atoms. The first-order valence-electron chi connectivity index (χ1n) is 13.3. The summed E-state index contributed by atoms with van der Waals surface area (Å²) < 4.78 is 18.7. The van der Waals surface area contributed by atoms with E-state index in [-0.39, 0.29) is 18.6 Å². The maximum atomic E-state index is 12.8. The Balaban J connectivity index is 1.81. The van der Waals surface area contributed by atoms with E-state index in [0.29, 0.717) is 48.9 Å². The molecule has 0 aromatic heterocycles. The van der Waals surface area contributed by atoms with E-state index in [2.05, 4.69) is 16.9 Å². The minimum Gasteiger partial charge on any atom is -0.476 e. The van der Waals surface area contributed by atoms with Gasteiger partial charge in [-0.05, 0) is 67.4 Å². The van der Waals surface area contributed by atoms with Gasteiger partial charge in [-0.1, -0.05) is 42.8 Å². The monoisotopic (exact) mass is 556 g/mol. The molecule has 1 fully saturated rings. The van der Waals surface area contributed by atoms with Crippen LogP contribution in [0.3, 0.4) is 0 Å². The predicted molar refractivity (Wildman–Crippen MR) is 157 cm³/mol. The number of ether oxygens (including phenoxy) is 1. The molecule has 3 heterocycles. The third kappa shape index (κ3) is 9.58. The van der Waals surface area contributed by atoms with Crippen LogP contribution in [-0.2, 0) is 4.74 Å². The number of hydrogen-bond donors (Lipinski definition) is 3. The zero-order valence-corrected chi connectivity index (χ0v) is 22.9. The van der Waals surface area contributed by atoms with Gasteiger partial charge in [-0.3, -0.25) is 9.89 Å². The lowest BCUT2D eigenvalue weighted by Crippen LogP contribution is -2.38. The van der Waals surface area contributed by atoms with Crippen molar-refractivity contribution in [3.63, 3.8) is 0 Å². The summed E-state index contributed by atoms with van der Waals surface area (Å²) in [5, 5.41) is 24.5. The van der Waals surface area contributed by atoms with Crippen molar-refractivity contribution >= 4 is 23.3 Å². The summed E-state index contributed by atoms with van der Waals surface area (Å²) >= 11 is 6.11. The van der Waals surface area contributed by atoms with Gasteiger partial charge in [-0.2, -0.15) is 0 Å². The van der Waals surface area contributed by atoms with E-state index < -0.39 is 6.23 Å². The van der Waals surface area contributed by atoms with Crippen molar-refractivity contribution in [1.29, 1.82) is 0 Å². The summed E-state index contributed by atoms with van der Waals surface area (Å²) in [5.41, 5.74) is 1.53. The normalized spacial score (nSPS) is 29.9. The molecule has 7 nitrogen and oxygen atoms in total. The van der Waals surface area contributed by atoms with Gasteiger partial charge in [0.2, 0.25) is 0 Å². The van der Waals surface area contributed by atoms with Crippen LogP contribution in [0, 0.1) is 5.92 Å². The predicted octanol–water partition coefficient (Wildman–Crippen LogP) is 5.21. The Morgan fingerprint density at radius 2 is 2.18 bits per heavy atom. The number of nitrogens with zero attached hydrogens (tertiary/aromatic N) is 3. The van der Waals surface area contributed by atoms with Crippen molar-refractivity contribution in [1.82, 2.24) is 10.2 Å². The van der Waals surface area contributed by atoms with E-state index >= 15 is 0 Å². The Bertz CT molecular complexity index is 1100. The average molecular weight is 557 g/mol. The van der Waals surface area contributed by atoms with Crippen LogP contribution in [0.4, 0.5) is 4.39 Å².